The van der Waals surface area contributed by atoms with Crippen LogP contribution in [0.25, 0.3) is 15.3 Å². The minimum atomic E-state index is -0.355. The molecule has 1 amide bonds. The summed E-state index contributed by atoms with van der Waals surface area (Å²) in [5, 5.41) is 8.06. The van der Waals surface area contributed by atoms with Gasteiger partial charge in [-0.25, -0.2) is 4.98 Å². The number of ether oxygens (including phenoxy) is 4. The lowest BCUT2D eigenvalue weighted by Crippen LogP contribution is -2.15. The fourth-order valence-electron chi connectivity index (χ4n) is 3.41. The van der Waals surface area contributed by atoms with E-state index in [1.807, 2.05) is 32.0 Å². The molecule has 33 heavy (non-hydrogen) atoms. The third-order valence-electron chi connectivity index (χ3n) is 4.85. The van der Waals surface area contributed by atoms with E-state index >= 15 is 0 Å². The molecular weight excluding hydrogens is 444 g/mol. The molecule has 2 heterocycles. The zero-order valence-corrected chi connectivity index (χ0v) is 19.8. The molecule has 0 radical (unpaired) electrons. The van der Waals surface area contributed by atoms with Gasteiger partial charge in [0.1, 0.15) is 17.1 Å². The molecule has 0 saturated carbocycles. The maximum Gasteiger partial charge on any atom is 0.257 e. The van der Waals surface area contributed by atoms with Gasteiger partial charge < -0.3 is 24.3 Å². The maximum absolute atomic E-state index is 13.1. The number of aryl methyl sites for hydroxylation is 1. The predicted octanol–water partition coefficient (Wildman–Crippen LogP) is 4.47. The molecule has 4 aromatic rings. The zero-order valence-electron chi connectivity index (χ0n) is 19.0. The number of methoxy groups -OCH3 is 3. The molecular formula is C23H24N4O5S. The molecule has 0 aliphatic carbocycles. The molecule has 0 fully saturated rings. The standard InChI is InChI=1S/C23H24N4O5S/c1-6-32-15-8-7-9-18-20(15)25-23(33-18)27-19(10-13(2)26-27)24-22(28)14-11-16(29-3)21(31-5)17(12-14)30-4/h7-12H,6H2,1-5H3,(H,24,28). The van der Waals surface area contributed by atoms with Crippen molar-refractivity contribution < 1.29 is 23.7 Å². The van der Waals surface area contributed by atoms with Gasteiger partial charge in [-0.3, -0.25) is 4.79 Å². The Morgan fingerprint density at radius 3 is 2.42 bits per heavy atom. The van der Waals surface area contributed by atoms with Crippen LogP contribution in [0.15, 0.2) is 36.4 Å². The lowest BCUT2D eigenvalue weighted by Gasteiger charge is -2.14. The smallest absolute Gasteiger partial charge is 0.257 e. The van der Waals surface area contributed by atoms with E-state index in [-0.39, 0.29) is 5.91 Å². The van der Waals surface area contributed by atoms with E-state index in [0.717, 1.165) is 15.9 Å². The van der Waals surface area contributed by atoms with E-state index in [2.05, 4.69) is 10.4 Å². The molecule has 0 aliphatic rings. The van der Waals surface area contributed by atoms with Crippen molar-refractivity contribution in [3.63, 3.8) is 0 Å². The van der Waals surface area contributed by atoms with E-state index in [1.165, 1.54) is 32.7 Å². The van der Waals surface area contributed by atoms with E-state index in [0.29, 0.717) is 46.1 Å². The van der Waals surface area contributed by atoms with Crippen molar-refractivity contribution in [2.24, 2.45) is 0 Å². The van der Waals surface area contributed by atoms with Gasteiger partial charge in [0.25, 0.3) is 5.91 Å². The first-order valence-corrected chi connectivity index (χ1v) is 11.0. The highest BCUT2D eigenvalue weighted by Crippen LogP contribution is 2.38. The van der Waals surface area contributed by atoms with Crippen molar-refractivity contribution in [3.05, 3.63) is 47.7 Å². The number of amides is 1. The van der Waals surface area contributed by atoms with Crippen molar-refractivity contribution in [1.82, 2.24) is 14.8 Å². The van der Waals surface area contributed by atoms with Gasteiger partial charge in [-0.1, -0.05) is 17.4 Å². The molecule has 4 rings (SSSR count). The number of nitrogens with zero attached hydrogens (tertiary/aromatic N) is 3. The first-order valence-electron chi connectivity index (χ1n) is 10.2. The summed E-state index contributed by atoms with van der Waals surface area (Å²) in [7, 11) is 4.51. The van der Waals surface area contributed by atoms with Crippen LogP contribution in [-0.4, -0.2) is 48.6 Å². The largest absolute Gasteiger partial charge is 0.493 e. The summed E-state index contributed by atoms with van der Waals surface area (Å²) < 4.78 is 24.3. The topological polar surface area (TPSA) is 96.7 Å². The van der Waals surface area contributed by atoms with Gasteiger partial charge in [-0.05, 0) is 38.1 Å². The van der Waals surface area contributed by atoms with Gasteiger partial charge in [0.15, 0.2) is 11.5 Å². The monoisotopic (exact) mass is 468 g/mol. The number of carbonyl (C=O) groups excluding carboxylic acids is 1. The molecule has 10 heteroatoms. The number of rotatable bonds is 8. The van der Waals surface area contributed by atoms with Gasteiger partial charge in [0, 0.05) is 11.6 Å². The molecule has 172 valence electrons. The number of anilines is 1. The summed E-state index contributed by atoms with van der Waals surface area (Å²) >= 11 is 1.46. The third-order valence-corrected chi connectivity index (χ3v) is 5.85. The van der Waals surface area contributed by atoms with Crippen molar-refractivity contribution in [2.75, 3.05) is 33.3 Å². The SMILES string of the molecule is CCOc1cccc2sc(-n3nc(C)cc3NC(=O)c3cc(OC)c(OC)c(OC)c3)nc12. The Morgan fingerprint density at radius 1 is 1.06 bits per heavy atom. The number of fused-ring (bicyclic) bond motifs is 1. The van der Waals surface area contributed by atoms with Crippen molar-refractivity contribution in [1.29, 1.82) is 0 Å². The Kier molecular flexibility index (Phi) is 6.36. The number of para-hydroxylation sites is 1. The molecule has 0 atom stereocenters. The second kappa shape index (κ2) is 9.37. The molecule has 9 nitrogen and oxygen atoms in total. The zero-order chi connectivity index (χ0) is 23.5. The van der Waals surface area contributed by atoms with Crippen molar-refractivity contribution >= 4 is 33.3 Å². The van der Waals surface area contributed by atoms with E-state index in [1.54, 1.807) is 22.9 Å². The number of hydrogen-bond acceptors (Lipinski definition) is 8. The van der Waals surface area contributed by atoms with Crippen LogP contribution in [0.5, 0.6) is 23.0 Å². The minimum Gasteiger partial charge on any atom is -0.493 e. The maximum atomic E-state index is 13.1. The minimum absolute atomic E-state index is 0.345. The Bertz CT molecular complexity index is 1290. The highest BCUT2D eigenvalue weighted by molar-refractivity contribution is 7.20. The Labute approximate surface area is 194 Å². The van der Waals surface area contributed by atoms with Gasteiger partial charge in [0.05, 0.1) is 38.3 Å². The van der Waals surface area contributed by atoms with Crippen LogP contribution in [0.3, 0.4) is 0 Å². The second-order valence-corrected chi connectivity index (χ2v) is 7.99. The summed E-state index contributed by atoms with van der Waals surface area (Å²) in [6.45, 7) is 4.33. The van der Waals surface area contributed by atoms with Crippen LogP contribution >= 0.6 is 11.3 Å². The molecule has 0 bridgehead atoms. The van der Waals surface area contributed by atoms with Crippen LogP contribution in [0, 0.1) is 6.92 Å². The van der Waals surface area contributed by atoms with Crippen LogP contribution < -0.4 is 24.3 Å². The number of thiazole rings is 1. The number of carbonyl (C=O) groups is 1. The molecule has 0 spiro atoms. The molecule has 0 unspecified atom stereocenters. The molecule has 2 aromatic heterocycles. The molecule has 0 aliphatic heterocycles. The van der Waals surface area contributed by atoms with Gasteiger partial charge in [-0.2, -0.15) is 9.78 Å². The van der Waals surface area contributed by atoms with Crippen LogP contribution in [0.1, 0.15) is 23.0 Å². The van der Waals surface area contributed by atoms with E-state index < -0.39 is 0 Å². The first-order chi connectivity index (χ1) is 16.0. The fourth-order valence-corrected chi connectivity index (χ4v) is 4.36. The van der Waals surface area contributed by atoms with Crippen molar-refractivity contribution in [2.45, 2.75) is 13.8 Å². The summed E-state index contributed by atoms with van der Waals surface area (Å²) in [6.07, 6.45) is 0. The summed E-state index contributed by atoms with van der Waals surface area (Å²) in [5.41, 5.74) is 1.84. The highest BCUT2D eigenvalue weighted by atomic mass is 32.1. The third kappa shape index (κ3) is 4.29. The lowest BCUT2D eigenvalue weighted by molar-refractivity contribution is 0.102. The Balaban J connectivity index is 1.70. The van der Waals surface area contributed by atoms with Crippen molar-refractivity contribution in [3.8, 4) is 28.1 Å². The summed E-state index contributed by atoms with van der Waals surface area (Å²) in [5.74, 6) is 2.04. The lowest BCUT2D eigenvalue weighted by atomic mass is 10.1. The molecule has 2 aromatic carbocycles. The quantitative estimate of drug-likeness (QED) is 0.408. The van der Waals surface area contributed by atoms with E-state index in [4.69, 9.17) is 23.9 Å². The van der Waals surface area contributed by atoms with Crippen LogP contribution in [0.4, 0.5) is 5.82 Å². The number of nitrogens with one attached hydrogen (secondary N) is 1. The molecule has 0 saturated heterocycles. The average molecular weight is 469 g/mol. The number of aromatic nitrogens is 3. The fraction of sp³-hybridized carbons (Fsp3) is 0.261. The normalized spacial score (nSPS) is 10.8. The van der Waals surface area contributed by atoms with Gasteiger partial charge in [-0.15, -0.1) is 0 Å². The Morgan fingerprint density at radius 2 is 1.79 bits per heavy atom. The van der Waals surface area contributed by atoms with Gasteiger partial charge >= 0.3 is 0 Å². The first kappa shape index (κ1) is 22.4. The second-order valence-electron chi connectivity index (χ2n) is 6.98. The molecule has 1 N–H and O–H groups in total. The Hall–Kier alpha value is -3.79. The van der Waals surface area contributed by atoms with Gasteiger partial charge in [0.2, 0.25) is 10.9 Å². The number of hydrogen-bond donors (Lipinski definition) is 1. The summed E-state index contributed by atoms with van der Waals surface area (Å²) in [6, 6.07) is 10.8. The number of benzene rings is 2. The summed E-state index contributed by atoms with van der Waals surface area (Å²) in [4.78, 5) is 17.8. The van der Waals surface area contributed by atoms with Crippen LogP contribution in [-0.2, 0) is 0 Å². The van der Waals surface area contributed by atoms with E-state index in [9.17, 15) is 4.79 Å². The predicted molar refractivity (Wildman–Crippen MR) is 127 cm³/mol. The average Bonchev–Trinajstić information content (AvgIpc) is 3.41. The highest BCUT2D eigenvalue weighted by Gasteiger charge is 2.20. The van der Waals surface area contributed by atoms with Crippen LogP contribution in [0.2, 0.25) is 0 Å².